The average molecular weight is 322 g/mol. The van der Waals surface area contributed by atoms with Crippen molar-refractivity contribution in [1.82, 2.24) is 9.78 Å². The van der Waals surface area contributed by atoms with Crippen LogP contribution in [-0.2, 0) is 13.0 Å². The molecule has 0 aliphatic heterocycles. The van der Waals surface area contributed by atoms with E-state index in [-0.39, 0.29) is 10.8 Å². The molecule has 0 bridgehead atoms. The van der Waals surface area contributed by atoms with Gasteiger partial charge in [0.25, 0.3) is 0 Å². The highest BCUT2D eigenvalue weighted by Crippen LogP contribution is 2.30. The molecule has 0 amide bonds. The number of hydrogen-bond donors (Lipinski definition) is 0. The zero-order chi connectivity index (χ0) is 13.2. The minimum absolute atomic E-state index is 0.153. The van der Waals surface area contributed by atoms with E-state index in [0.717, 1.165) is 29.6 Å². The first-order valence-corrected chi connectivity index (χ1v) is 7.36. The zero-order valence-electron chi connectivity index (χ0n) is 11.3. The van der Waals surface area contributed by atoms with Gasteiger partial charge in [0.2, 0.25) is 0 Å². The van der Waals surface area contributed by atoms with Crippen molar-refractivity contribution in [2.75, 3.05) is 0 Å². The summed E-state index contributed by atoms with van der Waals surface area (Å²) < 4.78 is 3.20. The molecule has 1 aromatic heterocycles. The largest absolute Gasteiger partial charge is 0.268 e. The topological polar surface area (TPSA) is 17.8 Å². The summed E-state index contributed by atoms with van der Waals surface area (Å²) in [5.74, 6) is 0. The quantitative estimate of drug-likeness (QED) is 0.743. The van der Waals surface area contributed by atoms with Crippen LogP contribution in [0.3, 0.4) is 0 Å². The van der Waals surface area contributed by atoms with E-state index in [4.69, 9.17) is 11.6 Å². The summed E-state index contributed by atoms with van der Waals surface area (Å²) in [5, 5.41) is 4.69. The predicted molar refractivity (Wildman–Crippen MR) is 77.8 cm³/mol. The van der Waals surface area contributed by atoms with Crippen molar-refractivity contribution in [1.29, 1.82) is 0 Å². The van der Waals surface area contributed by atoms with Gasteiger partial charge in [-0.3, -0.25) is 4.68 Å². The number of aromatic nitrogens is 2. The Morgan fingerprint density at radius 2 is 2.00 bits per heavy atom. The lowest BCUT2D eigenvalue weighted by Crippen LogP contribution is -2.21. The van der Waals surface area contributed by atoms with E-state index in [2.05, 4.69) is 53.4 Å². The fourth-order valence-electron chi connectivity index (χ4n) is 1.80. The smallest absolute Gasteiger partial charge is 0.0738 e. The Balaban J connectivity index is 2.76. The van der Waals surface area contributed by atoms with Crippen LogP contribution in [0.15, 0.2) is 4.47 Å². The summed E-state index contributed by atoms with van der Waals surface area (Å²) in [6.07, 6.45) is 1.95. The van der Waals surface area contributed by atoms with Gasteiger partial charge >= 0.3 is 0 Å². The van der Waals surface area contributed by atoms with Gasteiger partial charge in [0.1, 0.15) is 0 Å². The van der Waals surface area contributed by atoms with Crippen LogP contribution in [0.25, 0.3) is 0 Å². The maximum absolute atomic E-state index is 6.42. The van der Waals surface area contributed by atoms with E-state index < -0.39 is 0 Å². The second-order valence-electron chi connectivity index (χ2n) is 5.53. The first kappa shape index (κ1) is 15.0. The molecular formula is C13H22BrClN2. The van der Waals surface area contributed by atoms with Crippen molar-refractivity contribution in [3.63, 3.8) is 0 Å². The lowest BCUT2D eigenvalue weighted by molar-refractivity contribution is 0.371. The zero-order valence-corrected chi connectivity index (χ0v) is 13.7. The molecule has 1 atom stereocenters. The molecule has 1 unspecified atom stereocenters. The summed E-state index contributed by atoms with van der Waals surface area (Å²) in [6, 6.07) is 0. The van der Waals surface area contributed by atoms with Crippen LogP contribution >= 0.6 is 27.5 Å². The molecule has 1 rings (SSSR count). The normalized spacial score (nSPS) is 14.1. The second kappa shape index (κ2) is 5.75. The van der Waals surface area contributed by atoms with Crippen molar-refractivity contribution >= 4 is 27.5 Å². The van der Waals surface area contributed by atoms with Gasteiger partial charge in [-0.05, 0) is 48.0 Å². The van der Waals surface area contributed by atoms with E-state index in [1.165, 1.54) is 5.69 Å². The van der Waals surface area contributed by atoms with E-state index in [1.807, 2.05) is 6.92 Å². The molecule has 1 aromatic rings. The average Bonchev–Trinajstić information content (AvgIpc) is 2.50. The fourth-order valence-corrected chi connectivity index (χ4v) is 2.40. The molecule has 17 heavy (non-hydrogen) atoms. The summed E-state index contributed by atoms with van der Waals surface area (Å²) in [5.41, 5.74) is 2.48. The third kappa shape index (κ3) is 3.72. The lowest BCUT2D eigenvalue weighted by atomic mass is 9.89. The molecule has 1 heterocycles. The van der Waals surface area contributed by atoms with Gasteiger partial charge in [0, 0.05) is 11.9 Å². The summed E-state index contributed by atoms with van der Waals surface area (Å²) >= 11 is 10.0. The number of alkyl halides is 1. The molecule has 0 fully saturated rings. The minimum atomic E-state index is 0.153. The molecule has 0 N–H and O–H groups in total. The van der Waals surface area contributed by atoms with Crippen molar-refractivity contribution < 1.29 is 0 Å². The van der Waals surface area contributed by atoms with Crippen LogP contribution < -0.4 is 0 Å². The van der Waals surface area contributed by atoms with Gasteiger partial charge < -0.3 is 0 Å². The van der Waals surface area contributed by atoms with Gasteiger partial charge in [-0.15, -0.1) is 11.6 Å². The molecule has 0 aliphatic rings. The third-order valence-corrected chi connectivity index (χ3v) is 4.93. The molecule has 0 saturated heterocycles. The second-order valence-corrected chi connectivity index (χ2v) is 6.85. The molecular weight excluding hydrogens is 300 g/mol. The molecule has 0 radical (unpaired) electrons. The van der Waals surface area contributed by atoms with Crippen LogP contribution in [0, 0.1) is 12.3 Å². The number of halogens is 2. The van der Waals surface area contributed by atoms with Crippen LogP contribution in [-0.4, -0.2) is 15.2 Å². The molecule has 4 heteroatoms. The Kier molecular flexibility index (Phi) is 5.08. The first-order chi connectivity index (χ1) is 7.77. The first-order valence-electron chi connectivity index (χ1n) is 6.13. The van der Waals surface area contributed by atoms with Crippen LogP contribution in [0.5, 0.6) is 0 Å². The number of aryl methyl sites for hydroxylation is 2. The van der Waals surface area contributed by atoms with Crippen LogP contribution in [0.2, 0.25) is 0 Å². The van der Waals surface area contributed by atoms with Gasteiger partial charge in [-0.25, -0.2) is 0 Å². The van der Waals surface area contributed by atoms with Gasteiger partial charge in [-0.1, -0.05) is 20.8 Å². The number of rotatable bonds is 4. The van der Waals surface area contributed by atoms with E-state index in [1.54, 1.807) is 0 Å². The third-order valence-electron chi connectivity index (χ3n) is 3.03. The molecule has 2 nitrogen and oxygen atoms in total. The minimum Gasteiger partial charge on any atom is -0.268 e. The van der Waals surface area contributed by atoms with Gasteiger partial charge in [0.15, 0.2) is 0 Å². The molecule has 0 aromatic carbocycles. The Hall–Kier alpha value is -0.0200. The predicted octanol–water partition coefficient (Wildman–Crippen LogP) is 4.56. The Bertz CT molecular complexity index is 380. The van der Waals surface area contributed by atoms with E-state index >= 15 is 0 Å². The Morgan fingerprint density at radius 1 is 1.41 bits per heavy atom. The van der Waals surface area contributed by atoms with Crippen molar-refractivity contribution in [3.8, 4) is 0 Å². The highest BCUT2D eigenvalue weighted by atomic mass is 79.9. The maximum Gasteiger partial charge on any atom is 0.0738 e. The molecule has 0 aliphatic carbocycles. The van der Waals surface area contributed by atoms with Crippen LogP contribution in [0.1, 0.15) is 45.5 Å². The SMILES string of the molecule is CCn1nc(C)c(Br)c1CCC(Cl)C(C)(C)C. The van der Waals surface area contributed by atoms with E-state index in [9.17, 15) is 0 Å². The summed E-state index contributed by atoms with van der Waals surface area (Å²) in [7, 11) is 0. The van der Waals surface area contributed by atoms with Gasteiger partial charge in [-0.2, -0.15) is 5.10 Å². The van der Waals surface area contributed by atoms with E-state index in [0.29, 0.717) is 0 Å². The molecule has 0 spiro atoms. The van der Waals surface area contributed by atoms with Gasteiger partial charge in [0.05, 0.1) is 15.9 Å². The molecule has 98 valence electrons. The standard InChI is InChI=1S/C13H22BrClN2/c1-6-17-10(12(14)9(2)16-17)7-8-11(15)13(3,4)5/h11H,6-8H2,1-5H3. The summed E-state index contributed by atoms with van der Waals surface area (Å²) in [6.45, 7) is 11.6. The highest BCUT2D eigenvalue weighted by molar-refractivity contribution is 9.10. The maximum atomic E-state index is 6.42. The highest BCUT2D eigenvalue weighted by Gasteiger charge is 2.23. The fraction of sp³-hybridized carbons (Fsp3) is 0.769. The number of hydrogen-bond acceptors (Lipinski definition) is 1. The van der Waals surface area contributed by atoms with Crippen LogP contribution in [0.4, 0.5) is 0 Å². The number of nitrogens with zero attached hydrogens (tertiary/aromatic N) is 2. The Morgan fingerprint density at radius 3 is 2.47 bits per heavy atom. The molecule has 0 saturated carbocycles. The lowest BCUT2D eigenvalue weighted by Gasteiger charge is -2.25. The Labute approximate surface area is 118 Å². The van der Waals surface area contributed by atoms with Crippen molar-refractivity contribution in [2.24, 2.45) is 5.41 Å². The summed E-state index contributed by atoms with van der Waals surface area (Å²) in [4.78, 5) is 0. The van der Waals surface area contributed by atoms with Crippen molar-refractivity contribution in [3.05, 3.63) is 15.9 Å². The van der Waals surface area contributed by atoms with Crippen molar-refractivity contribution in [2.45, 2.75) is 59.4 Å². The monoisotopic (exact) mass is 320 g/mol.